The number of amides is 2. The Balaban J connectivity index is 1.55. The molecule has 0 bridgehead atoms. The minimum Gasteiger partial charge on any atom is -0.497 e. The number of carbonyl (C=O) groups is 2. The second-order valence-corrected chi connectivity index (χ2v) is 8.00. The van der Waals surface area contributed by atoms with E-state index >= 15 is 0 Å². The van der Waals surface area contributed by atoms with Crippen molar-refractivity contribution in [2.75, 3.05) is 44.8 Å². The number of ether oxygens (including phenoxy) is 4. The molecule has 0 saturated carbocycles. The molecule has 0 aliphatic carbocycles. The van der Waals surface area contributed by atoms with Gasteiger partial charge < -0.3 is 29.6 Å². The molecule has 0 atom stereocenters. The topological polar surface area (TPSA) is 95.1 Å². The van der Waals surface area contributed by atoms with Crippen LogP contribution in [0.5, 0.6) is 23.0 Å². The predicted molar refractivity (Wildman–Crippen MR) is 133 cm³/mol. The van der Waals surface area contributed by atoms with E-state index in [0.29, 0.717) is 39.9 Å². The Morgan fingerprint density at radius 3 is 2.09 bits per heavy atom. The summed E-state index contributed by atoms with van der Waals surface area (Å²) in [4.78, 5) is 25.8. The van der Waals surface area contributed by atoms with Crippen LogP contribution >= 0.6 is 11.8 Å². The van der Waals surface area contributed by atoms with E-state index in [1.165, 1.54) is 33.1 Å². The molecule has 0 aliphatic rings. The number of carbonyl (C=O) groups excluding carboxylic acids is 2. The van der Waals surface area contributed by atoms with Crippen LogP contribution in [0.4, 0.5) is 11.4 Å². The monoisotopic (exact) mass is 482 g/mol. The fourth-order valence-electron chi connectivity index (χ4n) is 3.05. The molecule has 0 radical (unpaired) electrons. The maximum absolute atomic E-state index is 12.6. The molecule has 0 unspecified atom stereocenters. The minimum atomic E-state index is -0.269. The molecule has 3 aromatic carbocycles. The lowest BCUT2D eigenvalue weighted by atomic mass is 10.2. The molecule has 8 nitrogen and oxygen atoms in total. The van der Waals surface area contributed by atoms with Crippen molar-refractivity contribution >= 4 is 35.0 Å². The highest BCUT2D eigenvalue weighted by atomic mass is 32.2. The van der Waals surface area contributed by atoms with E-state index in [0.717, 1.165) is 4.90 Å². The average molecular weight is 483 g/mol. The summed E-state index contributed by atoms with van der Waals surface area (Å²) in [6.07, 6.45) is 0. The van der Waals surface area contributed by atoms with Crippen LogP contribution < -0.4 is 29.6 Å². The van der Waals surface area contributed by atoms with E-state index < -0.39 is 0 Å². The van der Waals surface area contributed by atoms with E-state index in [4.69, 9.17) is 18.9 Å². The molecular weight excluding hydrogens is 456 g/mol. The van der Waals surface area contributed by atoms with Gasteiger partial charge in [-0.05, 0) is 54.6 Å². The molecule has 34 heavy (non-hydrogen) atoms. The quantitative estimate of drug-likeness (QED) is 0.404. The number of anilines is 2. The van der Waals surface area contributed by atoms with Crippen LogP contribution in [-0.2, 0) is 4.79 Å². The highest BCUT2D eigenvalue weighted by Crippen LogP contribution is 2.30. The Morgan fingerprint density at radius 2 is 1.44 bits per heavy atom. The molecule has 3 aromatic rings. The van der Waals surface area contributed by atoms with Crippen molar-refractivity contribution in [1.82, 2.24) is 0 Å². The molecule has 3 rings (SSSR count). The Kier molecular flexibility index (Phi) is 8.64. The SMILES string of the molecule is COc1ccc(NC(=O)CSc2ccc(NC(=O)c3ccc(OC)c(OC)c3)cc2)c(OC)c1. The maximum Gasteiger partial charge on any atom is 0.255 e. The van der Waals surface area contributed by atoms with Crippen LogP contribution in [0.15, 0.2) is 65.6 Å². The van der Waals surface area contributed by atoms with Crippen molar-refractivity contribution in [3.8, 4) is 23.0 Å². The number of thioether (sulfide) groups is 1. The fraction of sp³-hybridized carbons (Fsp3) is 0.200. The molecule has 0 heterocycles. The molecule has 9 heteroatoms. The van der Waals surface area contributed by atoms with Crippen LogP contribution in [0, 0.1) is 0 Å². The first-order valence-corrected chi connectivity index (χ1v) is 11.2. The Hall–Kier alpha value is -3.85. The molecule has 178 valence electrons. The van der Waals surface area contributed by atoms with E-state index in [-0.39, 0.29) is 17.6 Å². The van der Waals surface area contributed by atoms with E-state index in [1.807, 2.05) is 12.1 Å². The van der Waals surface area contributed by atoms with Crippen LogP contribution in [-0.4, -0.2) is 46.0 Å². The van der Waals surface area contributed by atoms with Gasteiger partial charge in [-0.3, -0.25) is 9.59 Å². The minimum absolute atomic E-state index is 0.167. The van der Waals surface area contributed by atoms with Gasteiger partial charge in [0.05, 0.1) is 39.9 Å². The molecule has 0 saturated heterocycles. The first-order chi connectivity index (χ1) is 16.5. The lowest BCUT2D eigenvalue weighted by Gasteiger charge is -2.12. The largest absolute Gasteiger partial charge is 0.497 e. The number of rotatable bonds is 10. The molecule has 0 aliphatic heterocycles. The lowest BCUT2D eigenvalue weighted by molar-refractivity contribution is -0.113. The van der Waals surface area contributed by atoms with Crippen molar-refractivity contribution in [1.29, 1.82) is 0 Å². The average Bonchev–Trinajstić information content (AvgIpc) is 2.87. The van der Waals surface area contributed by atoms with Gasteiger partial charge in [-0.25, -0.2) is 0 Å². The summed E-state index contributed by atoms with van der Waals surface area (Å²) >= 11 is 1.38. The first-order valence-electron chi connectivity index (χ1n) is 10.3. The maximum atomic E-state index is 12.6. The van der Waals surface area contributed by atoms with E-state index in [2.05, 4.69) is 10.6 Å². The Labute approximate surface area is 202 Å². The molecule has 2 amide bonds. The molecule has 0 spiro atoms. The van der Waals surface area contributed by atoms with Gasteiger partial charge in [0, 0.05) is 22.2 Å². The van der Waals surface area contributed by atoms with Crippen LogP contribution in [0.2, 0.25) is 0 Å². The predicted octanol–water partition coefficient (Wildman–Crippen LogP) is 4.70. The lowest BCUT2D eigenvalue weighted by Crippen LogP contribution is -2.14. The van der Waals surface area contributed by atoms with Crippen molar-refractivity contribution in [2.24, 2.45) is 0 Å². The summed E-state index contributed by atoms with van der Waals surface area (Å²) in [5, 5.41) is 5.69. The smallest absolute Gasteiger partial charge is 0.255 e. The zero-order valence-corrected chi connectivity index (χ0v) is 20.2. The molecule has 2 N–H and O–H groups in total. The number of benzene rings is 3. The number of nitrogens with one attached hydrogen (secondary N) is 2. The zero-order valence-electron chi connectivity index (χ0n) is 19.3. The van der Waals surface area contributed by atoms with Crippen LogP contribution in [0.1, 0.15) is 10.4 Å². The van der Waals surface area contributed by atoms with E-state index in [9.17, 15) is 9.59 Å². The van der Waals surface area contributed by atoms with Crippen LogP contribution in [0.25, 0.3) is 0 Å². The molecular formula is C25H26N2O6S. The van der Waals surface area contributed by atoms with E-state index in [1.54, 1.807) is 55.6 Å². The van der Waals surface area contributed by atoms with Crippen molar-refractivity contribution in [3.05, 3.63) is 66.2 Å². The normalized spacial score (nSPS) is 10.2. The van der Waals surface area contributed by atoms with Gasteiger partial charge in [0.15, 0.2) is 11.5 Å². The first kappa shape index (κ1) is 24.8. The highest BCUT2D eigenvalue weighted by molar-refractivity contribution is 8.00. The Morgan fingerprint density at radius 1 is 0.735 bits per heavy atom. The third-order valence-electron chi connectivity index (χ3n) is 4.81. The van der Waals surface area contributed by atoms with Gasteiger partial charge in [0.1, 0.15) is 11.5 Å². The zero-order chi connectivity index (χ0) is 24.5. The number of methoxy groups -OCH3 is 4. The molecule has 0 fully saturated rings. The van der Waals surface area contributed by atoms with Gasteiger partial charge >= 0.3 is 0 Å². The second-order valence-electron chi connectivity index (χ2n) is 6.95. The summed E-state index contributed by atoms with van der Waals surface area (Å²) in [7, 11) is 6.15. The summed E-state index contributed by atoms with van der Waals surface area (Å²) in [5.41, 5.74) is 1.65. The third kappa shape index (κ3) is 6.35. The standard InChI is InChI=1S/C25H26N2O6S/c1-30-18-8-11-20(22(14-18)32-3)27-24(28)15-34-19-9-6-17(7-10-19)26-25(29)16-5-12-21(31-2)23(13-16)33-4/h5-14H,15H2,1-4H3,(H,26,29)(H,27,28). The summed E-state index contributed by atoms with van der Waals surface area (Å²) in [5.74, 6) is 1.97. The van der Waals surface area contributed by atoms with Gasteiger partial charge in [0.25, 0.3) is 5.91 Å². The number of hydrogen-bond acceptors (Lipinski definition) is 7. The van der Waals surface area contributed by atoms with Crippen LogP contribution in [0.3, 0.4) is 0 Å². The van der Waals surface area contributed by atoms with Gasteiger partial charge in [-0.1, -0.05) is 0 Å². The van der Waals surface area contributed by atoms with Crippen molar-refractivity contribution < 1.29 is 28.5 Å². The number of hydrogen-bond donors (Lipinski definition) is 2. The summed E-state index contributed by atoms with van der Waals surface area (Å²) in [6, 6.07) is 17.4. The van der Waals surface area contributed by atoms with Crippen molar-refractivity contribution in [2.45, 2.75) is 4.90 Å². The van der Waals surface area contributed by atoms with Crippen molar-refractivity contribution in [3.63, 3.8) is 0 Å². The van der Waals surface area contributed by atoms with Gasteiger partial charge in [-0.2, -0.15) is 0 Å². The Bertz CT molecular complexity index is 1150. The second kappa shape index (κ2) is 11.9. The van der Waals surface area contributed by atoms with Gasteiger partial charge in [-0.15, -0.1) is 11.8 Å². The fourth-order valence-corrected chi connectivity index (χ4v) is 3.75. The summed E-state index contributed by atoms with van der Waals surface area (Å²) < 4.78 is 20.9. The highest BCUT2D eigenvalue weighted by Gasteiger charge is 2.12. The summed E-state index contributed by atoms with van der Waals surface area (Å²) in [6.45, 7) is 0. The third-order valence-corrected chi connectivity index (χ3v) is 5.82. The molecule has 0 aromatic heterocycles. The van der Waals surface area contributed by atoms with Gasteiger partial charge in [0.2, 0.25) is 5.91 Å².